The highest BCUT2D eigenvalue weighted by atomic mass is 16.7. The van der Waals surface area contributed by atoms with Crippen molar-refractivity contribution in [1.82, 2.24) is 5.59 Å². The molecule has 0 fully saturated rings. The van der Waals surface area contributed by atoms with Crippen LogP contribution in [0, 0.1) is 0 Å². The van der Waals surface area contributed by atoms with Crippen LogP contribution in [0.15, 0.2) is 59.5 Å². The number of hydrogen-bond donors (Lipinski definition) is 2. The van der Waals surface area contributed by atoms with Crippen molar-refractivity contribution in [3.63, 3.8) is 0 Å². The van der Waals surface area contributed by atoms with Gasteiger partial charge in [-0.3, -0.25) is 0 Å². The lowest BCUT2D eigenvalue weighted by Crippen LogP contribution is -3.13. The van der Waals surface area contributed by atoms with Crippen molar-refractivity contribution in [1.29, 1.82) is 0 Å². The van der Waals surface area contributed by atoms with Gasteiger partial charge in [0.1, 0.15) is 6.54 Å². The van der Waals surface area contributed by atoms with Crippen LogP contribution in [0.1, 0.15) is 11.1 Å². The summed E-state index contributed by atoms with van der Waals surface area (Å²) in [5.74, 6) is 0.916. The van der Waals surface area contributed by atoms with Crippen LogP contribution in [0.3, 0.4) is 0 Å². The molecule has 0 saturated heterocycles. The van der Waals surface area contributed by atoms with E-state index < -0.39 is 5.90 Å². The Balaban J connectivity index is 1.72. The Morgan fingerprint density at radius 1 is 1.07 bits per heavy atom. The lowest BCUT2D eigenvalue weighted by atomic mass is 10.1. The van der Waals surface area contributed by atoms with E-state index >= 15 is 0 Å². The summed E-state index contributed by atoms with van der Waals surface area (Å²) in [4.78, 5) is 9.33. The Morgan fingerprint density at radius 3 is 2.36 bits per heavy atom. The molecule has 1 unspecified atom stereocenters. The molecular formula is C20H23N3O5. The fraction of sp³-hybridized carbons (Fsp3) is 0.250. The van der Waals surface area contributed by atoms with Gasteiger partial charge in [0.2, 0.25) is 5.75 Å². The second kappa shape index (κ2) is 9.12. The van der Waals surface area contributed by atoms with Gasteiger partial charge in [-0.15, -0.1) is 0 Å². The molecule has 0 bridgehead atoms. The first-order valence-corrected chi connectivity index (χ1v) is 8.75. The van der Waals surface area contributed by atoms with Gasteiger partial charge in [-0.2, -0.15) is 5.01 Å². The van der Waals surface area contributed by atoms with Crippen molar-refractivity contribution in [2.75, 3.05) is 27.9 Å². The van der Waals surface area contributed by atoms with Crippen LogP contribution in [0.2, 0.25) is 0 Å². The topological polar surface area (TPSA) is 88.8 Å². The van der Waals surface area contributed by atoms with E-state index in [4.69, 9.17) is 19.0 Å². The van der Waals surface area contributed by atoms with Crippen molar-refractivity contribution in [2.24, 2.45) is 4.99 Å². The monoisotopic (exact) mass is 385 g/mol. The van der Waals surface area contributed by atoms with E-state index in [2.05, 4.69) is 22.7 Å². The van der Waals surface area contributed by atoms with E-state index in [1.807, 2.05) is 18.2 Å². The van der Waals surface area contributed by atoms with E-state index in [0.717, 1.165) is 18.0 Å². The minimum atomic E-state index is -0.475. The van der Waals surface area contributed by atoms with Gasteiger partial charge in [0.05, 0.1) is 21.3 Å². The van der Waals surface area contributed by atoms with E-state index in [0.29, 0.717) is 22.8 Å². The predicted molar refractivity (Wildman–Crippen MR) is 101 cm³/mol. The summed E-state index contributed by atoms with van der Waals surface area (Å²) in [5, 5.41) is 13.4. The van der Waals surface area contributed by atoms with E-state index in [1.165, 1.54) is 26.9 Å². The zero-order valence-corrected chi connectivity index (χ0v) is 16.0. The van der Waals surface area contributed by atoms with Crippen LogP contribution >= 0.6 is 0 Å². The maximum atomic E-state index is 12.5. The van der Waals surface area contributed by atoms with E-state index in [-0.39, 0.29) is 5.88 Å². The molecule has 1 atom stereocenters. The van der Waals surface area contributed by atoms with Crippen LogP contribution in [-0.2, 0) is 11.3 Å². The van der Waals surface area contributed by atoms with Gasteiger partial charge in [-0.1, -0.05) is 30.3 Å². The highest BCUT2D eigenvalue weighted by molar-refractivity contribution is 5.92. The number of aliphatic imine (C=N–C) groups is 1. The maximum Gasteiger partial charge on any atom is 0.298 e. The summed E-state index contributed by atoms with van der Waals surface area (Å²) in [5.41, 5.74) is 4.33. The molecule has 2 N–H and O–H groups in total. The fourth-order valence-electron chi connectivity index (χ4n) is 2.80. The van der Waals surface area contributed by atoms with Crippen LogP contribution in [-0.4, -0.2) is 33.8 Å². The minimum absolute atomic E-state index is 0.210. The highest BCUT2D eigenvalue weighted by Crippen LogP contribution is 2.38. The molecule has 1 heterocycles. The Bertz CT molecular complexity index is 842. The summed E-state index contributed by atoms with van der Waals surface area (Å²) in [7, 11) is 4.48. The molecule has 3 rings (SSSR count). The molecule has 0 spiro atoms. The molecule has 0 aromatic heterocycles. The summed E-state index contributed by atoms with van der Waals surface area (Å²) in [6.07, 6.45) is 2.58. The van der Waals surface area contributed by atoms with Crippen LogP contribution in [0.25, 0.3) is 0 Å². The smallest absolute Gasteiger partial charge is 0.298 e. The number of benzene rings is 2. The number of rotatable bonds is 8. The SMILES string of the molecule is COc1cc(/C([O-])=N/C2=C[NH+](CCc3ccccc3)NO2)cc(OC)c1OC. The molecule has 8 heteroatoms. The van der Waals surface area contributed by atoms with Crippen molar-refractivity contribution < 1.29 is 29.2 Å². The highest BCUT2D eigenvalue weighted by Gasteiger charge is 2.19. The Kier molecular flexibility index (Phi) is 6.36. The van der Waals surface area contributed by atoms with Gasteiger partial charge in [-0.05, 0) is 29.2 Å². The predicted octanol–water partition coefficient (Wildman–Crippen LogP) is 0.196. The average molecular weight is 385 g/mol. The van der Waals surface area contributed by atoms with Crippen LogP contribution < -0.4 is 29.9 Å². The van der Waals surface area contributed by atoms with Crippen molar-refractivity contribution >= 4 is 5.90 Å². The molecule has 8 nitrogen and oxygen atoms in total. The van der Waals surface area contributed by atoms with Crippen molar-refractivity contribution in [3.8, 4) is 17.2 Å². The number of nitrogens with zero attached hydrogens (tertiary/aromatic N) is 1. The van der Waals surface area contributed by atoms with Gasteiger partial charge in [-0.25, -0.2) is 4.99 Å². The zero-order valence-electron chi connectivity index (χ0n) is 16.0. The molecule has 2 aromatic rings. The van der Waals surface area contributed by atoms with Gasteiger partial charge < -0.3 is 24.2 Å². The zero-order chi connectivity index (χ0) is 19.9. The summed E-state index contributed by atoms with van der Waals surface area (Å²) in [6, 6.07) is 13.2. The molecule has 28 heavy (non-hydrogen) atoms. The summed E-state index contributed by atoms with van der Waals surface area (Å²) < 4.78 is 15.8. The van der Waals surface area contributed by atoms with Crippen LogP contribution in [0.5, 0.6) is 17.2 Å². The molecule has 1 aliphatic rings. The maximum absolute atomic E-state index is 12.5. The molecule has 148 valence electrons. The van der Waals surface area contributed by atoms with Crippen LogP contribution in [0.4, 0.5) is 0 Å². The number of quaternary nitrogens is 1. The third-order valence-electron chi connectivity index (χ3n) is 4.23. The number of ether oxygens (including phenoxy) is 3. The number of nitrogens with one attached hydrogen (secondary N) is 2. The molecule has 1 aliphatic heterocycles. The molecule has 2 aromatic carbocycles. The van der Waals surface area contributed by atoms with Crippen molar-refractivity contribution in [3.05, 3.63) is 65.7 Å². The van der Waals surface area contributed by atoms with Gasteiger partial charge >= 0.3 is 0 Å². The summed E-state index contributed by atoms with van der Waals surface area (Å²) in [6.45, 7) is 0.751. The molecule has 0 amide bonds. The lowest BCUT2D eigenvalue weighted by molar-refractivity contribution is -0.911. The second-order valence-corrected chi connectivity index (χ2v) is 6.03. The van der Waals surface area contributed by atoms with Gasteiger partial charge in [0, 0.05) is 12.0 Å². The van der Waals surface area contributed by atoms with Crippen molar-refractivity contribution in [2.45, 2.75) is 6.42 Å². The third kappa shape index (κ3) is 4.54. The van der Waals surface area contributed by atoms with Gasteiger partial charge in [0.25, 0.3) is 5.88 Å². The third-order valence-corrected chi connectivity index (χ3v) is 4.23. The Hall–Kier alpha value is -3.23. The molecule has 0 aliphatic carbocycles. The normalized spacial score (nSPS) is 16.3. The minimum Gasteiger partial charge on any atom is -0.858 e. The molecule has 0 saturated carbocycles. The van der Waals surface area contributed by atoms with E-state index in [1.54, 1.807) is 18.3 Å². The first-order valence-electron chi connectivity index (χ1n) is 8.75. The first kappa shape index (κ1) is 19.5. The standard InChI is InChI=1S/C20H23N3O5/c1-25-16-11-15(12-17(26-2)19(16)27-3)20(24)21-18-13-23(22-28-18)10-9-14-7-5-4-6-8-14/h4-8,11-13,22H,9-10H2,1-3H3,(H,21,24). The largest absolute Gasteiger partial charge is 0.858 e. The first-order chi connectivity index (χ1) is 13.6. The summed E-state index contributed by atoms with van der Waals surface area (Å²) >= 11 is 0. The lowest BCUT2D eigenvalue weighted by Gasteiger charge is -2.16. The molecular weight excluding hydrogens is 362 g/mol. The molecule has 0 radical (unpaired) electrons. The van der Waals surface area contributed by atoms with E-state index in [9.17, 15) is 5.11 Å². The Morgan fingerprint density at radius 2 is 1.75 bits per heavy atom. The second-order valence-electron chi connectivity index (χ2n) is 6.03. The van der Waals surface area contributed by atoms with Gasteiger partial charge in [0.15, 0.2) is 17.7 Å². The number of hydrogen-bond acceptors (Lipinski definition) is 7. The Labute approximate surface area is 163 Å². The number of methoxy groups -OCH3 is 3. The average Bonchev–Trinajstić information content (AvgIpc) is 3.19. The fourth-order valence-corrected chi connectivity index (χ4v) is 2.80. The quantitative estimate of drug-likeness (QED) is 0.498.